The Kier molecular flexibility index (Phi) is 11.3. The molecule has 0 atom stereocenters. The number of nitrogens with one attached hydrogen (secondary N) is 2. The van der Waals surface area contributed by atoms with Crippen LogP contribution in [-0.2, 0) is 6.54 Å². The molecule has 1 aromatic rings. The molecule has 22 heavy (non-hydrogen) atoms. The van der Waals surface area contributed by atoms with Crippen molar-refractivity contribution in [3.8, 4) is 0 Å². The maximum absolute atomic E-state index is 10.3. The van der Waals surface area contributed by atoms with Gasteiger partial charge in [0.2, 0.25) is 0 Å². The third-order valence-electron chi connectivity index (χ3n) is 3.61. The van der Waals surface area contributed by atoms with Gasteiger partial charge >= 0.3 is 0 Å². The van der Waals surface area contributed by atoms with Crippen molar-refractivity contribution in [1.82, 2.24) is 20.4 Å². The van der Waals surface area contributed by atoms with Gasteiger partial charge in [-0.15, -0.1) is 24.0 Å². The largest absolute Gasteiger partial charge is 0.388 e. The first-order chi connectivity index (χ1) is 10.1. The van der Waals surface area contributed by atoms with Crippen LogP contribution in [0.25, 0.3) is 0 Å². The molecular weight excluding hydrogens is 393 g/mol. The van der Waals surface area contributed by atoms with Gasteiger partial charge in [0.1, 0.15) is 0 Å². The van der Waals surface area contributed by atoms with E-state index in [0.717, 1.165) is 32.0 Å². The summed E-state index contributed by atoms with van der Waals surface area (Å²) in [4.78, 5) is 4.48. The predicted molar refractivity (Wildman–Crippen MR) is 102 cm³/mol. The van der Waals surface area contributed by atoms with Crippen LogP contribution in [-0.4, -0.2) is 46.1 Å². The predicted octanol–water partition coefficient (Wildman–Crippen LogP) is 2.00. The summed E-state index contributed by atoms with van der Waals surface area (Å²) in [5.74, 6) is 0.762. The molecule has 0 saturated heterocycles. The third kappa shape index (κ3) is 7.98. The first-order valence-corrected chi connectivity index (χ1v) is 7.85. The molecule has 128 valence electrons. The summed E-state index contributed by atoms with van der Waals surface area (Å²) in [6, 6.07) is 1.93. The van der Waals surface area contributed by atoms with E-state index in [9.17, 15) is 5.11 Å². The number of hydrogen-bond acceptors (Lipinski definition) is 3. The average Bonchev–Trinajstić information content (AvgIpc) is 3.02. The van der Waals surface area contributed by atoms with Crippen LogP contribution in [0.4, 0.5) is 0 Å². The molecule has 0 aliphatic rings. The minimum atomic E-state index is -0.697. The van der Waals surface area contributed by atoms with E-state index in [2.05, 4.69) is 20.7 Å². The second kappa shape index (κ2) is 11.7. The van der Waals surface area contributed by atoms with Gasteiger partial charge < -0.3 is 15.7 Å². The number of aryl methyl sites for hydroxylation is 1. The number of aliphatic hydroxyl groups is 1. The van der Waals surface area contributed by atoms with Gasteiger partial charge in [0.25, 0.3) is 0 Å². The Morgan fingerprint density at radius 2 is 2.00 bits per heavy atom. The van der Waals surface area contributed by atoms with Gasteiger partial charge in [0.05, 0.1) is 12.1 Å². The van der Waals surface area contributed by atoms with Crippen LogP contribution >= 0.6 is 24.0 Å². The van der Waals surface area contributed by atoms with Gasteiger partial charge in [-0.2, -0.15) is 5.10 Å². The fourth-order valence-electron chi connectivity index (χ4n) is 1.92. The first kappa shape index (κ1) is 21.2. The molecule has 0 aromatic carbocycles. The lowest BCUT2D eigenvalue weighted by Gasteiger charge is -2.23. The Bertz CT molecular complexity index is 404. The van der Waals surface area contributed by atoms with Crippen LogP contribution in [0.15, 0.2) is 23.5 Å². The number of guanidine groups is 1. The van der Waals surface area contributed by atoms with E-state index in [1.54, 1.807) is 6.20 Å². The first-order valence-electron chi connectivity index (χ1n) is 7.85. The van der Waals surface area contributed by atoms with Crippen LogP contribution in [0, 0.1) is 0 Å². The lowest BCUT2D eigenvalue weighted by molar-refractivity contribution is 0.0418. The minimum Gasteiger partial charge on any atom is -0.388 e. The van der Waals surface area contributed by atoms with E-state index in [0.29, 0.717) is 19.4 Å². The van der Waals surface area contributed by atoms with E-state index in [4.69, 9.17) is 0 Å². The molecule has 0 fully saturated rings. The van der Waals surface area contributed by atoms with E-state index in [-0.39, 0.29) is 24.0 Å². The average molecular weight is 423 g/mol. The SMILES string of the molecule is CCNC(=NCC(O)(CC)CC)NCCCn1cccn1.I. The van der Waals surface area contributed by atoms with Crippen molar-refractivity contribution in [3.05, 3.63) is 18.5 Å². The molecule has 3 N–H and O–H groups in total. The molecule has 7 heteroatoms. The summed E-state index contributed by atoms with van der Waals surface area (Å²) in [6.07, 6.45) is 6.15. The number of aromatic nitrogens is 2. The van der Waals surface area contributed by atoms with Crippen molar-refractivity contribution in [2.45, 2.75) is 52.2 Å². The van der Waals surface area contributed by atoms with Crippen molar-refractivity contribution >= 4 is 29.9 Å². The van der Waals surface area contributed by atoms with E-state index < -0.39 is 5.60 Å². The van der Waals surface area contributed by atoms with Crippen LogP contribution < -0.4 is 10.6 Å². The fourth-order valence-corrected chi connectivity index (χ4v) is 1.92. The van der Waals surface area contributed by atoms with Crippen LogP contribution in [0.1, 0.15) is 40.0 Å². The van der Waals surface area contributed by atoms with Crippen molar-refractivity contribution in [3.63, 3.8) is 0 Å². The summed E-state index contributed by atoms with van der Waals surface area (Å²) in [6.45, 7) is 8.95. The summed E-state index contributed by atoms with van der Waals surface area (Å²) < 4.78 is 1.92. The zero-order valence-electron chi connectivity index (χ0n) is 13.9. The molecule has 6 nitrogen and oxygen atoms in total. The highest BCUT2D eigenvalue weighted by atomic mass is 127. The third-order valence-corrected chi connectivity index (χ3v) is 3.61. The Balaban J connectivity index is 0.00000441. The summed E-state index contributed by atoms with van der Waals surface area (Å²) in [5, 5.41) is 20.9. The molecule has 1 rings (SSSR count). The lowest BCUT2D eigenvalue weighted by Crippen LogP contribution is -2.40. The molecule has 0 radical (unpaired) electrons. The number of hydrogen-bond donors (Lipinski definition) is 3. The lowest BCUT2D eigenvalue weighted by atomic mass is 9.98. The standard InChI is InChI=1S/C15H29N5O.HI/c1-4-15(21,5-2)13-18-14(16-6-3)17-9-7-11-20-12-8-10-19-20;/h8,10,12,21H,4-7,9,11,13H2,1-3H3,(H2,16,17,18);1H. The number of halogens is 1. The van der Waals surface area contributed by atoms with Gasteiger partial charge in [-0.25, -0.2) is 0 Å². The summed E-state index contributed by atoms with van der Waals surface area (Å²) >= 11 is 0. The minimum absolute atomic E-state index is 0. The topological polar surface area (TPSA) is 74.5 Å². The van der Waals surface area contributed by atoms with Gasteiger partial charge in [0.15, 0.2) is 5.96 Å². The monoisotopic (exact) mass is 423 g/mol. The molecule has 0 amide bonds. The van der Waals surface area contributed by atoms with E-state index in [1.807, 2.05) is 37.7 Å². The Morgan fingerprint density at radius 3 is 2.55 bits per heavy atom. The zero-order valence-corrected chi connectivity index (χ0v) is 16.2. The molecule has 0 bridgehead atoms. The molecule has 0 unspecified atom stereocenters. The molecule has 0 spiro atoms. The maximum Gasteiger partial charge on any atom is 0.191 e. The molecule has 1 heterocycles. The van der Waals surface area contributed by atoms with Gasteiger partial charge in [-0.05, 0) is 32.3 Å². The highest BCUT2D eigenvalue weighted by molar-refractivity contribution is 14.0. The normalized spacial score (nSPS) is 11.9. The van der Waals surface area contributed by atoms with Crippen LogP contribution in [0.5, 0.6) is 0 Å². The fraction of sp³-hybridized carbons (Fsp3) is 0.733. The Morgan fingerprint density at radius 1 is 1.27 bits per heavy atom. The van der Waals surface area contributed by atoms with Crippen molar-refractivity contribution in [1.29, 1.82) is 0 Å². The summed E-state index contributed by atoms with van der Waals surface area (Å²) in [5.41, 5.74) is -0.697. The quantitative estimate of drug-likeness (QED) is 0.246. The van der Waals surface area contributed by atoms with Crippen molar-refractivity contribution in [2.75, 3.05) is 19.6 Å². The number of rotatable bonds is 9. The van der Waals surface area contributed by atoms with Crippen molar-refractivity contribution in [2.24, 2.45) is 4.99 Å². The van der Waals surface area contributed by atoms with E-state index in [1.165, 1.54) is 0 Å². The van der Waals surface area contributed by atoms with Gasteiger partial charge in [-0.3, -0.25) is 9.67 Å². The van der Waals surface area contributed by atoms with Crippen LogP contribution in [0.3, 0.4) is 0 Å². The van der Waals surface area contributed by atoms with Gasteiger partial charge in [0, 0.05) is 32.0 Å². The van der Waals surface area contributed by atoms with Gasteiger partial charge in [-0.1, -0.05) is 13.8 Å². The maximum atomic E-state index is 10.3. The second-order valence-electron chi connectivity index (χ2n) is 5.18. The molecule has 0 saturated carbocycles. The van der Waals surface area contributed by atoms with Crippen molar-refractivity contribution < 1.29 is 5.11 Å². The molecule has 0 aliphatic heterocycles. The highest BCUT2D eigenvalue weighted by Gasteiger charge is 2.21. The number of nitrogens with zero attached hydrogens (tertiary/aromatic N) is 3. The summed E-state index contributed by atoms with van der Waals surface area (Å²) in [7, 11) is 0. The smallest absolute Gasteiger partial charge is 0.191 e. The second-order valence-corrected chi connectivity index (χ2v) is 5.18. The highest BCUT2D eigenvalue weighted by Crippen LogP contribution is 2.14. The van der Waals surface area contributed by atoms with E-state index >= 15 is 0 Å². The zero-order chi connectivity index (χ0) is 15.6. The number of aliphatic imine (C=N–C) groups is 1. The molecular formula is C15H30IN5O. The molecule has 0 aliphatic carbocycles. The molecule has 1 aromatic heterocycles. The van der Waals surface area contributed by atoms with Crippen LogP contribution in [0.2, 0.25) is 0 Å². The Labute approximate surface area is 150 Å². The Hall–Kier alpha value is -0.830.